The van der Waals surface area contributed by atoms with Gasteiger partial charge in [-0.2, -0.15) is 0 Å². The van der Waals surface area contributed by atoms with Crippen LogP contribution in [0.15, 0.2) is 59.5 Å². The van der Waals surface area contributed by atoms with Crippen molar-refractivity contribution in [2.75, 3.05) is 32.6 Å². The minimum atomic E-state index is -3.44. The maximum Gasteiger partial charge on any atom is 0.410 e. The Morgan fingerprint density at radius 1 is 1.12 bits per heavy atom. The van der Waals surface area contributed by atoms with Crippen LogP contribution >= 0.6 is 0 Å². The third kappa shape index (κ3) is 9.40. The lowest BCUT2D eigenvalue weighted by molar-refractivity contribution is -0.161. The summed E-state index contributed by atoms with van der Waals surface area (Å²) in [4.78, 5) is 27.5. The van der Waals surface area contributed by atoms with Crippen LogP contribution in [0, 0.1) is 0 Å². The average molecular weight is 619 g/mol. The summed E-state index contributed by atoms with van der Waals surface area (Å²) in [5, 5.41) is 14.3. The Morgan fingerprint density at radius 2 is 1.81 bits per heavy atom. The van der Waals surface area contributed by atoms with Crippen LogP contribution in [0.3, 0.4) is 0 Å². The first-order valence-corrected chi connectivity index (χ1v) is 16.3. The molecule has 236 valence electrons. The van der Waals surface area contributed by atoms with Crippen LogP contribution in [0.2, 0.25) is 0 Å². The van der Waals surface area contributed by atoms with Gasteiger partial charge < -0.3 is 29.0 Å². The van der Waals surface area contributed by atoms with Crippen LogP contribution in [-0.2, 0) is 35.4 Å². The van der Waals surface area contributed by atoms with E-state index in [0.717, 1.165) is 11.8 Å². The Labute approximate surface area is 253 Å². The number of amides is 1. The highest BCUT2D eigenvalue weighted by molar-refractivity contribution is 7.90. The third-order valence-electron chi connectivity index (χ3n) is 7.46. The molecule has 11 nitrogen and oxygen atoms in total. The van der Waals surface area contributed by atoms with Crippen LogP contribution in [0.5, 0.6) is 5.75 Å². The fraction of sp³-hybridized carbons (Fsp3) is 0.548. The minimum Gasteiger partial charge on any atom is -0.491 e. The molecular weight excluding hydrogens is 576 g/mol. The first-order valence-electron chi connectivity index (χ1n) is 14.4. The Bertz CT molecular complexity index is 1350. The zero-order valence-electron chi connectivity index (χ0n) is 25.2. The van der Waals surface area contributed by atoms with E-state index in [4.69, 9.17) is 18.9 Å². The second-order valence-corrected chi connectivity index (χ2v) is 14.2. The van der Waals surface area contributed by atoms with Gasteiger partial charge in [-0.3, -0.25) is 10.1 Å². The number of ether oxygens (including phenoxy) is 4. The van der Waals surface area contributed by atoms with E-state index in [1.807, 2.05) is 30.3 Å². The summed E-state index contributed by atoms with van der Waals surface area (Å²) in [5.41, 5.74) is -0.316. The van der Waals surface area contributed by atoms with Crippen molar-refractivity contribution in [2.45, 2.75) is 80.9 Å². The number of esters is 1. The quantitative estimate of drug-likeness (QED) is 0.382. The van der Waals surface area contributed by atoms with Crippen molar-refractivity contribution in [3.63, 3.8) is 0 Å². The molecule has 0 saturated carbocycles. The Morgan fingerprint density at radius 3 is 2.47 bits per heavy atom. The Kier molecular flexibility index (Phi) is 10.4. The zero-order chi connectivity index (χ0) is 31.3. The lowest BCUT2D eigenvalue weighted by Gasteiger charge is -2.38. The molecular formula is C31H42N2O9S. The summed E-state index contributed by atoms with van der Waals surface area (Å²) in [6.45, 7) is 6.46. The van der Waals surface area contributed by atoms with Gasteiger partial charge in [0.2, 0.25) is 0 Å². The summed E-state index contributed by atoms with van der Waals surface area (Å²) in [6, 6.07) is 14.1. The van der Waals surface area contributed by atoms with Crippen molar-refractivity contribution in [1.82, 2.24) is 10.2 Å². The molecule has 2 N–H and O–H groups in total. The lowest BCUT2D eigenvalue weighted by Crippen LogP contribution is -2.54. The van der Waals surface area contributed by atoms with Gasteiger partial charge in [0.15, 0.2) is 9.84 Å². The van der Waals surface area contributed by atoms with Gasteiger partial charge in [0.25, 0.3) is 0 Å². The second kappa shape index (κ2) is 13.6. The number of hydrogen-bond acceptors (Lipinski definition) is 10. The monoisotopic (exact) mass is 618 g/mol. The molecule has 2 aliphatic heterocycles. The van der Waals surface area contributed by atoms with Crippen molar-refractivity contribution >= 4 is 21.9 Å². The molecule has 0 bridgehead atoms. The van der Waals surface area contributed by atoms with Crippen LogP contribution in [0.4, 0.5) is 4.79 Å². The van der Waals surface area contributed by atoms with Gasteiger partial charge in [0, 0.05) is 25.4 Å². The van der Waals surface area contributed by atoms with Gasteiger partial charge in [-0.05, 0) is 63.8 Å². The Balaban J connectivity index is 1.33. The molecule has 12 heteroatoms. The fourth-order valence-electron chi connectivity index (χ4n) is 5.24. The van der Waals surface area contributed by atoms with E-state index >= 15 is 0 Å². The fourth-order valence-corrected chi connectivity index (χ4v) is 5.89. The molecule has 2 aliphatic rings. The molecule has 3 atom stereocenters. The molecule has 0 unspecified atom stereocenters. The third-order valence-corrected chi connectivity index (χ3v) is 8.57. The van der Waals surface area contributed by atoms with E-state index in [9.17, 15) is 23.1 Å². The average Bonchev–Trinajstić information content (AvgIpc) is 3.34. The van der Waals surface area contributed by atoms with Crippen LogP contribution in [0.25, 0.3) is 0 Å². The minimum absolute atomic E-state index is 0.0882. The molecule has 43 heavy (non-hydrogen) atoms. The molecule has 2 aromatic carbocycles. The molecule has 2 saturated heterocycles. The van der Waals surface area contributed by atoms with Crippen molar-refractivity contribution in [2.24, 2.45) is 0 Å². The number of carbonyl (C=O) groups is 2. The first kappa shape index (κ1) is 32.7. The smallest absolute Gasteiger partial charge is 0.410 e. The number of aliphatic hydroxyl groups is 1. The molecule has 0 aromatic heterocycles. The van der Waals surface area contributed by atoms with E-state index in [-0.39, 0.29) is 36.0 Å². The first-order chi connectivity index (χ1) is 20.2. The number of likely N-dealkylation sites (tertiary alicyclic amines) is 1. The van der Waals surface area contributed by atoms with Gasteiger partial charge in [-0.15, -0.1) is 0 Å². The molecule has 0 radical (unpaired) electrons. The van der Waals surface area contributed by atoms with Gasteiger partial charge in [0.1, 0.15) is 36.7 Å². The molecule has 2 heterocycles. The van der Waals surface area contributed by atoms with E-state index < -0.39 is 39.2 Å². The van der Waals surface area contributed by atoms with Gasteiger partial charge in [-0.25, -0.2) is 13.2 Å². The maximum absolute atomic E-state index is 13.2. The van der Waals surface area contributed by atoms with Gasteiger partial charge >= 0.3 is 12.1 Å². The van der Waals surface area contributed by atoms with Crippen LogP contribution in [0.1, 0.15) is 45.6 Å². The number of nitrogens with one attached hydrogen (secondary N) is 1. The molecule has 2 fully saturated rings. The molecule has 2 aromatic rings. The van der Waals surface area contributed by atoms with Gasteiger partial charge in [-0.1, -0.05) is 36.4 Å². The zero-order valence-corrected chi connectivity index (χ0v) is 26.0. The predicted molar refractivity (Wildman–Crippen MR) is 158 cm³/mol. The summed E-state index contributed by atoms with van der Waals surface area (Å²) in [7, 11) is -3.44. The van der Waals surface area contributed by atoms with Gasteiger partial charge in [0.05, 0.1) is 17.1 Å². The summed E-state index contributed by atoms with van der Waals surface area (Å²) in [5.74, 6) is -0.382. The van der Waals surface area contributed by atoms with Crippen molar-refractivity contribution in [3.05, 3.63) is 60.2 Å². The largest absolute Gasteiger partial charge is 0.491 e. The highest BCUT2D eigenvalue weighted by Crippen LogP contribution is 2.36. The van der Waals surface area contributed by atoms with E-state index in [1.165, 1.54) is 12.1 Å². The van der Waals surface area contributed by atoms with Crippen LogP contribution in [-0.4, -0.2) is 92.4 Å². The molecule has 0 aliphatic carbocycles. The Hall–Kier alpha value is -3.19. The summed E-state index contributed by atoms with van der Waals surface area (Å²) < 4.78 is 46.8. The predicted octanol–water partition coefficient (Wildman–Crippen LogP) is 3.09. The lowest BCUT2D eigenvalue weighted by atomic mass is 9.87. The maximum atomic E-state index is 13.2. The summed E-state index contributed by atoms with van der Waals surface area (Å²) in [6.07, 6.45) is 1.26. The highest BCUT2D eigenvalue weighted by Gasteiger charge is 2.45. The van der Waals surface area contributed by atoms with Crippen molar-refractivity contribution < 1.29 is 42.1 Å². The number of sulfone groups is 1. The molecule has 1 amide bonds. The topological polar surface area (TPSA) is 141 Å². The number of piperidine rings is 1. The number of nitrogens with zero attached hydrogens (tertiary/aromatic N) is 1. The van der Waals surface area contributed by atoms with E-state index in [2.05, 4.69) is 5.32 Å². The number of hydrogen-bond donors (Lipinski definition) is 2. The second-order valence-electron chi connectivity index (χ2n) is 12.2. The molecule has 4 rings (SSSR count). The van der Waals surface area contributed by atoms with E-state index in [1.54, 1.807) is 37.8 Å². The standard InChI is InChI=1S/C31H42N2O9S/c1-30(2,3)42-28(35)27(26(34)21-39-24-11-8-12-25(17-24)43(4,37)38)32-23-18-31(41-20-23)13-15-33(16-14-31)29(36)40-19-22-9-6-5-7-10-22/h5-12,17,23,26-27,32,34H,13-16,18-21H2,1-4H3/t23-,26+,27-/m0/s1. The van der Waals surface area contributed by atoms with E-state index in [0.29, 0.717) is 39.0 Å². The number of aliphatic hydroxyl groups excluding tert-OH is 1. The number of benzene rings is 2. The number of carbonyl (C=O) groups excluding carboxylic acids is 2. The number of rotatable bonds is 10. The van der Waals surface area contributed by atoms with Crippen molar-refractivity contribution in [1.29, 1.82) is 0 Å². The van der Waals surface area contributed by atoms with Crippen molar-refractivity contribution in [3.8, 4) is 5.75 Å². The summed E-state index contributed by atoms with van der Waals surface area (Å²) >= 11 is 0. The normalized spacial score (nSPS) is 19.9. The van der Waals surface area contributed by atoms with Crippen LogP contribution < -0.4 is 10.1 Å². The highest BCUT2D eigenvalue weighted by atomic mass is 32.2. The molecule has 1 spiro atoms. The SMILES string of the molecule is CC(C)(C)OC(=O)[C@@H](N[C@@H]1COC2(CCN(C(=O)OCc3ccccc3)CC2)C1)[C@H](O)COc1cccc(S(C)(=O)=O)c1.